The highest BCUT2D eigenvalue weighted by molar-refractivity contribution is 5.30. The van der Waals surface area contributed by atoms with Crippen LogP contribution < -0.4 is 5.73 Å². The van der Waals surface area contributed by atoms with Gasteiger partial charge in [-0.1, -0.05) is 30.3 Å². The fraction of sp³-hybridized carbons (Fsp3) is 0.154. The van der Waals surface area contributed by atoms with Crippen LogP contribution in [0.25, 0.3) is 0 Å². The number of rotatable bonds is 3. The van der Waals surface area contributed by atoms with Crippen LogP contribution in [0, 0.1) is 0 Å². The Kier molecular flexibility index (Phi) is 3.29. The van der Waals surface area contributed by atoms with Gasteiger partial charge in [0.2, 0.25) is 0 Å². The van der Waals surface area contributed by atoms with Gasteiger partial charge in [-0.05, 0) is 23.3 Å². The SMILES string of the molecule is NC(c1cccc(CO)c1)c1ccccn1. The van der Waals surface area contributed by atoms with Gasteiger partial charge in [0.1, 0.15) is 0 Å². The monoisotopic (exact) mass is 214 g/mol. The quantitative estimate of drug-likeness (QED) is 0.816. The van der Waals surface area contributed by atoms with Gasteiger partial charge in [0.05, 0.1) is 18.3 Å². The van der Waals surface area contributed by atoms with Gasteiger partial charge in [0, 0.05) is 6.20 Å². The molecule has 0 aliphatic heterocycles. The van der Waals surface area contributed by atoms with Gasteiger partial charge < -0.3 is 10.8 Å². The van der Waals surface area contributed by atoms with Crippen molar-refractivity contribution in [2.75, 3.05) is 0 Å². The van der Waals surface area contributed by atoms with E-state index in [2.05, 4.69) is 4.98 Å². The minimum atomic E-state index is -0.243. The number of benzene rings is 1. The lowest BCUT2D eigenvalue weighted by Crippen LogP contribution is -2.13. The first-order valence-electron chi connectivity index (χ1n) is 5.17. The van der Waals surface area contributed by atoms with Crippen LogP contribution in [0.2, 0.25) is 0 Å². The standard InChI is InChI=1S/C13H14N2O/c14-13(12-6-1-2-7-15-12)11-5-3-4-10(8-11)9-16/h1-8,13,16H,9,14H2. The third-order valence-electron chi connectivity index (χ3n) is 2.50. The number of nitrogens with zero attached hydrogens (tertiary/aromatic N) is 1. The van der Waals surface area contributed by atoms with E-state index in [0.29, 0.717) is 0 Å². The zero-order valence-corrected chi connectivity index (χ0v) is 8.88. The number of hydrogen-bond donors (Lipinski definition) is 2. The molecule has 3 nitrogen and oxygen atoms in total. The number of aliphatic hydroxyl groups excluding tert-OH is 1. The molecule has 0 radical (unpaired) electrons. The van der Waals surface area contributed by atoms with E-state index >= 15 is 0 Å². The molecular formula is C13H14N2O. The van der Waals surface area contributed by atoms with Gasteiger partial charge >= 0.3 is 0 Å². The Morgan fingerprint density at radius 2 is 2.06 bits per heavy atom. The predicted molar refractivity (Wildman–Crippen MR) is 62.6 cm³/mol. The number of nitrogens with two attached hydrogens (primary N) is 1. The van der Waals surface area contributed by atoms with Crippen molar-refractivity contribution < 1.29 is 5.11 Å². The van der Waals surface area contributed by atoms with Gasteiger partial charge in [-0.25, -0.2) is 0 Å². The van der Waals surface area contributed by atoms with E-state index in [-0.39, 0.29) is 12.6 Å². The molecule has 2 aromatic rings. The van der Waals surface area contributed by atoms with E-state index in [1.165, 1.54) is 0 Å². The second-order valence-corrected chi connectivity index (χ2v) is 3.64. The summed E-state index contributed by atoms with van der Waals surface area (Å²) in [6.45, 7) is 0.0305. The normalized spacial score (nSPS) is 12.4. The van der Waals surface area contributed by atoms with Crippen molar-refractivity contribution in [2.45, 2.75) is 12.6 Å². The minimum Gasteiger partial charge on any atom is -0.392 e. The van der Waals surface area contributed by atoms with E-state index in [9.17, 15) is 0 Å². The van der Waals surface area contributed by atoms with E-state index in [1.807, 2.05) is 42.5 Å². The van der Waals surface area contributed by atoms with Crippen LogP contribution in [-0.4, -0.2) is 10.1 Å². The second kappa shape index (κ2) is 4.88. The summed E-state index contributed by atoms with van der Waals surface area (Å²) in [7, 11) is 0. The predicted octanol–water partition coefficient (Wildman–Crippen LogP) is 1.62. The molecule has 0 amide bonds. The van der Waals surface area contributed by atoms with Crippen molar-refractivity contribution in [1.29, 1.82) is 0 Å². The Morgan fingerprint density at radius 1 is 1.19 bits per heavy atom. The molecule has 1 aromatic heterocycles. The molecule has 3 heteroatoms. The first-order chi connectivity index (χ1) is 7.81. The summed E-state index contributed by atoms with van der Waals surface area (Å²) < 4.78 is 0. The molecule has 1 aromatic carbocycles. The Hall–Kier alpha value is -1.71. The minimum absolute atomic E-state index is 0.0305. The summed E-state index contributed by atoms with van der Waals surface area (Å²) in [6, 6.07) is 13.0. The highest BCUT2D eigenvalue weighted by atomic mass is 16.3. The average Bonchev–Trinajstić information content (AvgIpc) is 2.39. The molecule has 82 valence electrons. The van der Waals surface area contributed by atoms with Crippen molar-refractivity contribution >= 4 is 0 Å². The van der Waals surface area contributed by atoms with Gasteiger partial charge in [-0.3, -0.25) is 4.98 Å². The van der Waals surface area contributed by atoms with Gasteiger partial charge in [-0.15, -0.1) is 0 Å². The molecule has 0 saturated heterocycles. The maximum Gasteiger partial charge on any atom is 0.0726 e. The van der Waals surface area contributed by atoms with Gasteiger partial charge in [0.25, 0.3) is 0 Å². The fourth-order valence-corrected chi connectivity index (χ4v) is 1.62. The molecule has 0 saturated carbocycles. The Morgan fingerprint density at radius 3 is 2.75 bits per heavy atom. The Balaban J connectivity index is 2.30. The lowest BCUT2D eigenvalue weighted by molar-refractivity contribution is 0.281. The zero-order chi connectivity index (χ0) is 11.4. The molecule has 0 bridgehead atoms. The average molecular weight is 214 g/mol. The summed E-state index contributed by atoms with van der Waals surface area (Å²) in [5.74, 6) is 0. The molecule has 1 unspecified atom stereocenters. The number of aliphatic hydroxyl groups is 1. The first-order valence-corrected chi connectivity index (χ1v) is 5.17. The molecular weight excluding hydrogens is 200 g/mol. The summed E-state index contributed by atoms with van der Waals surface area (Å²) in [5.41, 5.74) is 8.75. The summed E-state index contributed by atoms with van der Waals surface area (Å²) in [4.78, 5) is 4.22. The molecule has 1 atom stereocenters. The van der Waals surface area contributed by atoms with Crippen molar-refractivity contribution in [3.63, 3.8) is 0 Å². The van der Waals surface area contributed by atoms with E-state index in [1.54, 1.807) is 6.20 Å². The van der Waals surface area contributed by atoms with Crippen LogP contribution in [0.15, 0.2) is 48.7 Å². The van der Waals surface area contributed by atoms with Crippen molar-refractivity contribution in [3.05, 3.63) is 65.5 Å². The lowest BCUT2D eigenvalue weighted by Gasteiger charge is -2.12. The molecule has 0 aliphatic rings. The fourth-order valence-electron chi connectivity index (χ4n) is 1.62. The lowest BCUT2D eigenvalue weighted by atomic mass is 10.0. The van der Waals surface area contributed by atoms with Crippen LogP contribution in [0.5, 0.6) is 0 Å². The largest absolute Gasteiger partial charge is 0.392 e. The van der Waals surface area contributed by atoms with Crippen LogP contribution >= 0.6 is 0 Å². The third kappa shape index (κ3) is 2.27. The molecule has 16 heavy (non-hydrogen) atoms. The zero-order valence-electron chi connectivity index (χ0n) is 8.88. The maximum atomic E-state index is 9.06. The van der Waals surface area contributed by atoms with Crippen LogP contribution in [0.1, 0.15) is 22.9 Å². The molecule has 1 heterocycles. The number of pyridine rings is 1. The Bertz CT molecular complexity index is 456. The number of aromatic nitrogens is 1. The van der Waals surface area contributed by atoms with Crippen LogP contribution in [0.3, 0.4) is 0 Å². The van der Waals surface area contributed by atoms with Crippen LogP contribution in [-0.2, 0) is 6.61 Å². The smallest absolute Gasteiger partial charge is 0.0726 e. The molecule has 0 aliphatic carbocycles. The maximum absolute atomic E-state index is 9.06. The highest BCUT2D eigenvalue weighted by Gasteiger charge is 2.09. The second-order valence-electron chi connectivity index (χ2n) is 3.64. The molecule has 0 fully saturated rings. The molecule has 0 spiro atoms. The van der Waals surface area contributed by atoms with E-state index in [4.69, 9.17) is 10.8 Å². The van der Waals surface area contributed by atoms with Gasteiger partial charge in [0.15, 0.2) is 0 Å². The topological polar surface area (TPSA) is 59.1 Å². The number of hydrogen-bond acceptors (Lipinski definition) is 3. The first kappa shape index (κ1) is 10.8. The van der Waals surface area contributed by atoms with Crippen LogP contribution in [0.4, 0.5) is 0 Å². The molecule has 3 N–H and O–H groups in total. The Labute approximate surface area is 94.6 Å². The van der Waals surface area contributed by atoms with E-state index in [0.717, 1.165) is 16.8 Å². The van der Waals surface area contributed by atoms with E-state index < -0.39 is 0 Å². The third-order valence-corrected chi connectivity index (χ3v) is 2.50. The van der Waals surface area contributed by atoms with Gasteiger partial charge in [-0.2, -0.15) is 0 Å². The highest BCUT2D eigenvalue weighted by Crippen LogP contribution is 2.18. The summed E-state index contributed by atoms with van der Waals surface area (Å²) in [6.07, 6.45) is 1.73. The van der Waals surface area contributed by atoms with Crippen molar-refractivity contribution in [2.24, 2.45) is 5.73 Å². The van der Waals surface area contributed by atoms with Crippen molar-refractivity contribution in [3.8, 4) is 0 Å². The molecule has 2 rings (SSSR count). The summed E-state index contributed by atoms with van der Waals surface area (Å²) in [5, 5.41) is 9.06. The van der Waals surface area contributed by atoms with Crippen molar-refractivity contribution in [1.82, 2.24) is 4.98 Å². The summed E-state index contributed by atoms with van der Waals surface area (Å²) >= 11 is 0.